The summed E-state index contributed by atoms with van der Waals surface area (Å²) in [5.74, 6) is 2.87. The van der Waals surface area contributed by atoms with Crippen LogP contribution in [0.4, 0.5) is 5.82 Å². The van der Waals surface area contributed by atoms with E-state index in [9.17, 15) is 8.42 Å². The fourth-order valence-corrected chi connectivity index (χ4v) is 9.55. The Labute approximate surface area is 264 Å². The smallest absolute Gasteiger partial charge is 0.243 e. The first-order chi connectivity index (χ1) is 21.3. The normalized spacial score (nSPS) is 17.6. The van der Waals surface area contributed by atoms with E-state index in [2.05, 4.69) is 17.1 Å². The number of nitrogens with zero attached hydrogens (tertiary/aromatic N) is 6. The molecule has 2 aromatic carbocycles. The zero-order valence-corrected chi connectivity index (χ0v) is 27.0. The lowest BCUT2D eigenvalue weighted by Gasteiger charge is -2.26. The number of sulfonamides is 1. The zero-order valence-electron chi connectivity index (χ0n) is 24.6. The van der Waals surface area contributed by atoms with Crippen LogP contribution in [0.1, 0.15) is 35.2 Å². The zero-order chi connectivity index (χ0) is 30.4. The summed E-state index contributed by atoms with van der Waals surface area (Å²) in [6.07, 6.45) is 3.25. The van der Waals surface area contributed by atoms with E-state index in [1.165, 1.54) is 26.5 Å². The molecule has 0 amide bonds. The van der Waals surface area contributed by atoms with Gasteiger partial charge in [-0.2, -0.15) is 4.31 Å². The summed E-state index contributed by atoms with van der Waals surface area (Å²) in [7, 11) is -3.69. The molecule has 0 radical (unpaired) electrons. The molecule has 0 spiro atoms. The first-order valence-corrected chi connectivity index (χ1v) is 17.9. The average molecular weight is 648 g/mol. The molecule has 0 bridgehead atoms. The molecule has 44 heavy (non-hydrogen) atoms. The molecular weight excluding hydrogens is 615 g/mol. The second-order valence-corrected chi connectivity index (χ2v) is 15.3. The third kappa shape index (κ3) is 5.40. The largest absolute Gasteiger partial charge is 0.383 e. The number of para-hydroxylation sites is 1. The predicted molar refractivity (Wildman–Crippen MR) is 174 cm³/mol. The number of nitrogens with two attached hydrogens (primary N) is 1. The van der Waals surface area contributed by atoms with E-state index in [-0.39, 0.29) is 4.90 Å². The van der Waals surface area contributed by atoms with Gasteiger partial charge in [0.05, 0.1) is 29.2 Å². The van der Waals surface area contributed by atoms with E-state index >= 15 is 0 Å². The summed E-state index contributed by atoms with van der Waals surface area (Å²) in [4.78, 5) is 12.2. The monoisotopic (exact) mass is 647 g/mol. The highest BCUT2D eigenvalue weighted by atomic mass is 32.2. The Balaban J connectivity index is 1.24. The number of aryl methyl sites for hydroxylation is 2. The summed E-state index contributed by atoms with van der Waals surface area (Å²) in [5, 5.41) is 10.8. The molecule has 0 saturated carbocycles. The minimum atomic E-state index is -3.69. The summed E-state index contributed by atoms with van der Waals surface area (Å²) in [6.45, 7) is 5.68. The number of hydrogen-bond acceptors (Lipinski definition) is 10. The molecular formula is C31H33N7O3S3. The molecule has 10 nitrogen and oxygen atoms in total. The summed E-state index contributed by atoms with van der Waals surface area (Å²) in [6, 6.07) is 15.0. The van der Waals surface area contributed by atoms with Crippen molar-refractivity contribution in [3.63, 3.8) is 0 Å². The Morgan fingerprint density at radius 3 is 2.68 bits per heavy atom. The fraction of sp³-hybridized carbons (Fsp3) is 0.355. The maximum atomic E-state index is 13.5. The molecule has 1 saturated heterocycles. The van der Waals surface area contributed by atoms with Crippen LogP contribution < -0.4 is 5.73 Å². The number of benzene rings is 2. The number of thiophene rings is 1. The van der Waals surface area contributed by atoms with Crippen molar-refractivity contribution in [2.45, 2.75) is 48.9 Å². The molecule has 1 unspecified atom stereocenters. The Morgan fingerprint density at radius 1 is 1.09 bits per heavy atom. The van der Waals surface area contributed by atoms with Crippen LogP contribution >= 0.6 is 23.1 Å². The second-order valence-electron chi connectivity index (χ2n) is 11.3. The number of ether oxygens (including phenoxy) is 1. The van der Waals surface area contributed by atoms with Gasteiger partial charge in [-0.3, -0.25) is 4.57 Å². The molecule has 1 aliphatic carbocycles. The standard InChI is InChI=1S/C31H33N7O3S3/c1-19-8-11-23-25(16-19)43-30-27(23)28(32)33-26(34-30)18-42-31-36-35-29(38(31)21-6-4-3-5-7-21)24-17-22(10-9-20(24)2)44(39,40)37-12-14-41-15-13-37/h3-7,9-10,17,19H,8,11-16,18H2,1-2H3,(H2,32,33,34). The second kappa shape index (κ2) is 11.9. The van der Waals surface area contributed by atoms with Gasteiger partial charge in [-0.25, -0.2) is 18.4 Å². The van der Waals surface area contributed by atoms with Crippen molar-refractivity contribution in [1.82, 2.24) is 29.0 Å². The molecule has 4 heterocycles. The summed E-state index contributed by atoms with van der Waals surface area (Å²) < 4.78 is 35.8. The third-order valence-electron chi connectivity index (χ3n) is 8.27. The fourth-order valence-electron chi connectivity index (χ4n) is 5.90. The third-order valence-corrected chi connectivity index (χ3v) is 12.2. The molecule has 2 N–H and O–H groups in total. The van der Waals surface area contributed by atoms with E-state index in [0.29, 0.717) is 66.2 Å². The maximum absolute atomic E-state index is 13.5. The highest BCUT2D eigenvalue weighted by Crippen LogP contribution is 2.40. The lowest BCUT2D eigenvalue weighted by atomic mass is 9.89. The van der Waals surface area contributed by atoms with Crippen LogP contribution in [0.5, 0.6) is 0 Å². The number of fused-ring (bicyclic) bond motifs is 3. The van der Waals surface area contributed by atoms with E-state index in [1.807, 2.05) is 47.9 Å². The number of rotatable bonds is 7. The van der Waals surface area contributed by atoms with E-state index in [0.717, 1.165) is 40.7 Å². The number of thioether (sulfide) groups is 1. The van der Waals surface area contributed by atoms with Gasteiger partial charge in [0.1, 0.15) is 16.5 Å². The SMILES string of the molecule is Cc1ccc(S(=O)(=O)N2CCOCC2)cc1-c1nnc(SCc2nc(N)c3c4c(sc3n2)CC(C)CC4)n1-c1ccccc1. The van der Waals surface area contributed by atoms with E-state index < -0.39 is 10.0 Å². The van der Waals surface area contributed by atoms with Crippen molar-refractivity contribution in [3.8, 4) is 17.1 Å². The van der Waals surface area contributed by atoms with Crippen LogP contribution in [0.15, 0.2) is 58.6 Å². The van der Waals surface area contributed by atoms with Crippen molar-refractivity contribution in [2.24, 2.45) is 5.92 Å². The summed E-state index contributed by atoms with van der Waals surface area (Å²) >= 11 is 3.21. The highest BCUT2D eigenvalue weighted by Gasteiger charge is 2.28. The quantitative estimate of drug-likeness (QED) is 0.235. The Kier molecular flexibility index (Phi) is 7.91. The maximum Gasteiger partial charge on any atom is 0.243 e. The van der Waals surface area contributed by atoms with Crippen LogP contribution in [0.2, 0.25) is 0 Å². The molecule has 13 heteroatoms. The highest BCUT2D eigenvalue weighted by molar-refractivity contribution is 7.98. The minimum absolute atomic E-state index is 0.224. The van der Waals surface area contributed by atoms with Gasteiger partial charge in [0.25, 0.3) is 0 Å². The van der Waals surface area contributed by atoms with E-state index in [4.69, 9.17) is 20.4 Å². The predicted octanol–water partition coefficient (Wildman–Crippen LogP) is 5.27. The Morgan fingerprint density at radius 2 is 1.89 bits per heavy atom. The number of morpholine rings is 1. The van der Waals surface area contributed by atoms with Gasteiger partial charge >= 0.3 is 0 Å². The first-order valence-electron chi connectivity index (χ1n) is 14.7. The summed E-state index contributed by atoms with van der Waals surface area (Å²) in [5.41, 5.74) is 10.3. The van der Waals surface area contributed by atoms with Gasteiger partial charge in [-0.05, 0) is 67.5 Å². The van der Waals surface area contributed by atoms with Crippen molar-refractivity contribution in [2.75, 3.05) is 32.0 Å². The van der Waals surface area contributed by atoms with Crippen LogP contribution in [-0.4, -0.2) is 63.8 Å². The molecule has 2 aliphatic rings. The molecule has 7 rings (SSSR count). The van der Waals surface area contributed by atoms with Crippen molar-refractivity contribution in [1.29, 1.82) is 0 Å². The average Bonchev–Trinajstić information content (AvgIpc) is 3.62. The number of nitrogen functional groups attached to an aromatic ring is 1. The van der Waals surface area contributed by atoms with Crippen molar-refractivity contribution >= 4 is 49.2 Å². The van der Waals surface area contributed by atoms with Gasteiger partial charge < -0.3 is 10.5 Å². The van der Waals surface area contributed by atoms with Crippen molar-refractivity contribution < 1.29 is 13.2 Å². The number of anilines is 1. The van der Waals surface area contributed by atoms with Gasteiger partial charge in [0, 0.05) is 29.2 Å². The van der Waals surface area contributed by atoms with Gasteiger partial charge in [0.15, 0.2) is 11.0 Å². The number of hydrogen-bond donors (Lipinski definition) is 1. The van der Waals surface area contributed by atoms with Gasteiger partial charge in [0.2, 0.25) is 10.0 Å². The van der Waals surface area contributed by atoms with E-state index in [1.54, 1.807) is 23.5 Å². The number of aromatic nitrogens is 5. The molecule has 1 aliphatic heterocycles. The lowest BCUT2D eigenvalue weighted by molar-refractivity contribution is 0.0730. The van der Waals surface area contributed by atoms with Crippen LogP contribution in [-0.2, 0) is 33.4 Å². The molecule has 3 aromatic heterocycles. The topological polar surface area (TPSA) is 129 Å². The molecule has 5 aromatic rings. The Bertz CT molecular complexity index is 1950. The molecule has 1 fully saturated rings. The lowest BCUT2D eigenvalue weighted by Crippen LogP contribution is -2.40. The molecule has 1 atom stereocenters. The van der Waals surface area contributed by atoms with Gasteiger partial charge in [-0.15, -0.1) is 21.5 Å². The van der Waals surface area contributed by atoms with Gasteiger partial charge in [-0.1, -0.05) is 43.0 Å². The Hall–Kier alpha value is -3.36. The van der Waals surface area contributed by atoms with Crippen LogP contribution in [0.25, 0.3) is 27.3 Å². The van der Waals surface area contributed by atoms with Crippen LogP contribution in [0.3, 0.4) is 0 Å². The first kappa shape index (κ1) is 29.4. The van der Waals surface area contributed by atoms with Crippen molar-refractivity contribution in [3.05, 3.63) is 70.4 Å². The molecule has 228 valence electrons. The van der Waals surface area contributed by atoms with Crippen LogP contribution in [0, 0.1) is 12.8 Å². The minimum Gasteiger partial charge on any atom is -0.383 e.